The van der Waals surface area contributed by atoms with Crippen molar-refractivity contribution in [2.24, 2.45) is 0 Å². The number of pyridine rings is 1. The van der Waals surface area contributed by atoms with E-state index < -0.39 is 9.84 Å². The van der Waals surface area contributed by atoms with Crippen LogP contribution in [0.3, 0.4) is 0 Å². The van der Waals surface area contributed by atoms with Gasteiger partial charge in [0.15, 0.2) is 0 Å². The monoisotopic (exact) mass is 305 g/mol. The number of amides is 1. The highest BCUT2D eigenvalue weighted by Gasteiger charge is 2.10. The van der Waals surface area contributed by atoms with Crippen molar-refractivity contribution in [1.82, 2.24) is 10.3 Å². The smallest absolute Gasteiger partial charge is 0.251 e. The maximum Gasteiger partial charge on any atom is 0.251 e. The molecule has 0 aliphatic carbocycles. The van der Waals surface area contributed by atoms with E-state index in [0.29, 0.717) is 17.9 Å². The number of hydrogen-bond donors (Lipinski definition) is 2. The third-order valence-electron chi connectivity index (χ3n) is 2.17. The van der Waals surface area contributed by atoms with Crippen molar-refractivity contribution < 1.29 is 13.2 Å². The molecule has 0 radical (unpaired) electrons. The average molecular weight is 306 g/mol. The Hall–Kier alpha value is -1.34. The number of nitrogens with zero attached hydrogens (tertiary/aromatic N) is 1. The Bertz CT molecular complexity index is 560. The lowest BCUT2D eigenvalue weighted by Gasteiger charge is -2.07. The van der Waals surface area contributed by atoms with Crippen molar-refractivity contribution in [2.45, 2.75) is 6.92 Å². The molecule has 1 aromatic rings. The number of halogens is 1. The molecule has 0 fully saturated rings. The molecule has 8 heteroatoms. The van der Waals surface area contributed by atoms with Crippen LogP contribution < -0.4 is 10.6 Å². The first kappa shape index (κ1) is 15.7. The zero-order chi connectivity index (χ0) is 14.5. The lowest BCUT2D eigenvalue weighted by Crippen LogP contribution is -2.28. The summed E-state index contributed by atoms with van der Waals surface area (Å²) >= 11 is 5.81. The SMILES string of the molecule is CCNc1cc(C(=O)NCCS(C)(=O)=O)cc(Cl)n1. The number of hydrogen-bond acceptors (Lipinski definition) is 5. The van der Waals surface area contributed by atoms with Gasteiger partial charge in [0.25, 0.3) is 5.91 Å². The maximum absolute atomic E-state index is 11.8. The van der Waals surface area contributed by atoms with Gasteiger partial charge in [-0.3, -0.25) is 4.79 Å². The second kappa shape index (κ2) is 6.72. The Morgan fingerprint density at radius 3 is 2.68 bits per heavy atom. The highest BCUT2D eigenvalue weighted by atomic mass is 35.5. The summed E-state index contributed by atoms with van der Waals surface area (Å²) in [5.74, 6) is 0.0211. The summed E-state index contributed by atoms with van der Waals surface area (Å²) in [7, 11) is -3.09. The number of sulfone groups is 1. The van der Waals surface area contributed by atoms with Crippen LogP contribution >= 0.6 is 11.6 Å². The largest absolute Gasteiger partial charge is 0.370 e. The van der Waals surface area contributed by atoms with E-state index >= 15 is 0 Å². The molecule has 0 saturated heterocycles. The van der Waals surface area contributed by atoms with E-state index in [1.54, 1.807) is 6.07 Å². The molecule has 0 aliphatic rings. The third-order valence-corrected chi connectivity index (χ3v) is 3.31. The molecule has 6 nitrogen and oxygen atoms in total. The molecule has 0 saturated carbocycles. The molecule has 0 aliphatic heterocycles. The van der Waals surface area contributed by atoms with Crippen molar-refractivity contribution in [3.05, 3.63) is 22.8 Å². The Balaban J connectivity index is 2.71. The zero-order valence-corrected chi connectivity index (χ0v) is 12.3. The molecule has 0 spiro atoms. The summed E-state index contributed by atoms with van der Waals surface area (Å²) < 4.78 is 21.9. The van der Waals surface area contributed by atoms with Gasteiger partial charge in [0.1, 0.15) is 20.8 Å². The molecule has 1 rings (SSSR count). The van der Waals surface area contributed by atoms with Crippen molar-refractivity contribution in [3.63, 3.8) is 0 Å². The van der Waals surface area contributed by atoms with E-state index in [-0.39, 0.29) is 23.4 Å². The lowest BCUT2D eigenvalue weighted by molar-refractivity contribution is 0.0956. The zero-order valence-electron chi connectivity index (χ0n) is 10.7. The first-order chi connectivity index (χ1) is 8.81. The second-order valence-corrected chi connectivity index (χ2v) is 6.63. The highest BCUT2D eigenvalue weighted by Crippen LogP contribution is 2.14. The number of carbonyl (C=O) groups is 1. The highest BCUT2D eigenvalue weighted by molar-refractivity contribution is 7.90. The van der Waals surface area contributed by atoms with E-state index in [4.69, 9.17) is 11.6 Å². The van der Waals surface area contributed by atoms with Gasteiger partial charge < -0.3 is 10.6 Å². The molecule has 2 N–H and O–H groups in total. The molecule has 0 bridgehead atoms. The van der Waals surface area contributed by atoms with Crippen LogP contribution in [0.2, 0.25) is 5.15 Å². The van der Waals surface area contributed by atoms with Gasteiger partial charge in [-0.15, -0.1) is 0 Å². The van der Waals surface area contributed by atoms with Gasteiger partial charge >= 0.3 is 0 Å². The molecule has 1 heterocycles. The molecular weight excluding hydrogens is 290 g/mol. The van der Waals surface area contributed by atoms with Gasteiger partial charge in [0.2, 0.25) is 0 Å². The molecule has 0 aromatic carbocycles. The van der Waals surface area contributed by atoms with Crippen LogP contribution in [0.1, 0.15) is 17.3 Å². The van der Waals surface area contributed by atoms with Crippen LogP contribution in [0, 0.1) is 0 Å². The van der Waals surface area contributed by atoms with Crippen molar-refractivity contribution in [1.29, 1.82) is 0 Å². The minimum atomic E-state index is -3.09. The summed E-state index contributed by atoms with van der Waals surface area (Å²) in [6, 6.07) is 2.99. The summed E-state index contributed by atoms with van der Waals surface area (Å²) in [6.07, 6.45) is 1.12. The fraction of sp³-hybridized carbons (Fsp3) is 0.455. The van der Waals surface area contributed by atoms with Crippen LogP contribution in [0.5, 0.6) is 0 Å². The first-order valence-electron chi connectivity index (χ1n) is 5.69. The number of nitrogens with one attached hydrogen (secondary N) is 2. The summed E-state index contributed by atoms with van der Waals surface area (Å²) in [4.78, 5) is 15.8. The summed E-state index contributed by atoms with van der Waals surface area (Å²) in [5.41, 5.74) is 0.337. The van der Waals surface area contributed by atoms with Crippen LogP contribution in [0.25, 0.3) is 0 Å². The molecule has 0 unspecified atom stereocenters. The Labute approximate surface area is 117 Å². The van der Waals surface area contributed by atoms with Gasteiger partial charge in [-0.1, -0.05) is 11.6 Å². The predicted octanol–water partition coefficient (Wildman–Crippen LogP) is 0.941. The molecule has 0 atom stereocenters. The van der Waals surface area contributed by atoms with Crippen LogP contribution in [0.15, 0.2) is 12.1 Å². The van der Waals surface area contributed by atoms with Crippen LogP contribution in [0.4, 0.5) is 5.82 Å². The van der Waals surface area contributed by atoms with Crippen LogP contribution in [-0.4, -0.2) is 44.4 Å². The van der Waals surface area contributed by atoms with Crippen molar-refractivity contribution >= 4 is 33.2 Å². The fourth-order valence-electron chi connectivity index (χ4n) is 1.35. The lowest BCUT2D eigenvalue weighted by atomic mass is 10.2. The van der Waals surface area contributed by atoms with Gasteiger partial charge in [-0.2, -0.15) is 0 Å². The topological polar surface area (TPSA) is 88.2 Å². The van der Waals surface area contributed by atoms with Crippen molar-refractivity contribution in [3.8, 4) is 0 Å². The van der Waals surface area contributed by atoms with E-state index in [9.17, 15) is 13.2 Å². The standard InChI is InChI=1S/C11H16ClN3O3S/c1-3-13-10-7-8(6-9(12)15-10)11(16)14-4-5-19(2,17)18/h6-7H,3-5H2,1-2H3,(H,13,15)(H,14,16). The molecule has 106 valence electrons. The Morgan fingerprint density at radius 1 is 1.42 bits per heavy atom. The van der Waals surface area contributed by atoms with Crippen LogP contribution in [-0.2, 0) is 9.84 Å². The Kier molecular flexibility index (Phi) is 5.56. The fourth-order valence-corrected chi connectivity index (χ4v) is 2.03. The van der Waals surface area contributed by atoms with Gasteiger partial charge in [-0.05, 0) is 19.1 Å². The molecule has 1 aromatic heterocycles. The normalized spacial score (nSPS) is 11.1. The Morgan fingerprint density at radius 2 is 2.11 bits per heavy atom. The summed E-state index contributed by atoms with van der Waals surface area (Å²) in [5, 5.41) is 5.67. The van der Waals surface area contributed by atoms with E-state index in [1.165, 1.54) is 6.07 Å². The van der Waals surface area contributed by atoms with E-state index in [1.807, 2.05) is 6.92 Å². The average Bonchev–Trinajstić information content (AvgIpc) is 2.26. The number of aromatic nitrogens is 1. The second-order valence-electron chi connectivity index (χ2n) is 3.98. The predicted molar refractivity (Wildman–Crippen MR) is 75.5 cm³/mol. The number of carbonyl (C=O) groups excluding carboxylic acids is 1. The number of rotatable bonds is 6. The first-order valence-corrected chi connectivity index (χ1v) is 8.13. The molecular formula is C11H16ClN3O3S. The van der Waals surface area contributed by atoms with Gasteiger partial charge in [-0.25, -0.2) is 13.4 Å². The minimum absolute atomic E-state index is 0.0636. The summed E-state index contributed by atoms with van der Waals surface area (Å²) in [6.45, 7) is 2.62. The quantitative estimate of drug-likeness (QED) is 0.764. The molecule has 1 amide bonds. The third kappa shape index (κ3) is 5.89. The van der Waals surface area contributed by atoms with E-state index in [0.717, 1.165) is 6.26 Å². The van der Waals surface area contributed by atoms with E-state index in [2.05, 4.69) is 15.6 Å². The minimum Gasteiger partial charge on any atom is -0.370 e. The van der Waals surface area contributed by atoms with Crippen molar-refractivity contribution in [2.75, 3.05) is 30.4 Å². The number of anilines is 1. The van der Waals surface area contributed by atoms with Gasteiger partial charge in [0.05, 0.1) is 5.75 Å². The molecule has 19 heavy (non-hydrogen) atoms. The maximum atomic E-state index is 11.8. The van der Waals surface area contributed by atoms with Gasteiger partial charge in [0, 0.05) is 24.9 Å².